The summed E-state index contributed by atoms with van der Waals surface area (Å²) < 4.78 is 5.03. The number of carbonyl (C=O) groups is 1. The molecule has 0 aromatic carbocycles. The maximum Gasteiger partial charge on any atom is 0.356 e. The molecule has 0 aliphatic rings. The van der Waals surface area contributed by atoms with Crippen molar-refractivity contribution in [3.63, 3.8) is 0 Å². The molecule has 0 spiro atoms. The highest BCUT2D eigenvalue weighted by atomic mass is 16.5. The first-order valence-corrected chi connectivity index (χ1v) is 3.59. The molecule has 66 valence electrons. The monoisotopic (exact) mass is 170 g/mol. The number of aromatic nitrogens is 2. The van der Waals surface area contributed by atoms with Crippen LogP contribution in [0.4, 0.5) is 0 Å². The molecule has 5 heteroatoms. The molecule has 0 aliphatic heterocycles. The maximum atomic E-state index is 10.5. The Hall–Kier alpha value is -1.36. The van der Waals surface area contributed by atoms with Crippen LogP contribution in [0.15, 0.2) is 6.33 Å². The summed E-state index contributed by atoms with van der Waals surface area (Å²) in [5.74, 6) is -1.04. The van der Waals surface area contributed by atoms with E-state index in [0.717, 1.165) is 0 Å². The lowest BCUT2D eigenvalue weighted by atomic mass is 10.3. The van der Waals surface area contributed by atoms with E-state index < -0.39 is 5.97 Å². The molecule has 1 aromatic rings. The molecule has 12 heavy (non-hydrogen) atoms. The van der Waals surface area contributed by atoms with Gasteiger partial charge in [-0.15, -0.1) is 0 Å². The van der Waals surface area contributed by atoms with Gasteiger partial charge in [0, 0.05) is 6.61 Å². The van der Waals surface area contributed by atoms with Gasteiger partial charge in [-0.3, -0.25) is 0 Å². The fraction of sp³-hybridized carbons (Fsp3) is 0.429. The molecular formula is C7H10N2O3. The number of ether oxygens (including phenoxy) is 1. The van der Waals surface area contributed by atoms with Gasteiger partial charge in [0.2, 0.25) is 0 Å². The van der Waals surface area contributed by atoms with Gasteiger partial charge in [-0.1, -0.05) is 0 Å². The number of hydrogen-bond donors (Lipinski definition) is 2. The third-order valence-corrected chi connectivity index (χ3v) is 1.37. The van der Waals surface area contributed by atoms with Crippen LogP contribution in [0.3, 0.4) is 0 Å². The molecule has 1 rings (SSSR count). The van der Waals surface area contributed by atoms with Crippen LogP contribution in [0.5, 0.6) is 0 Å². The highest BCUT2D eigenvalue weighted by Crippen LogP contribution is 2.03. The van der Waals surface area contributed by atoms with Gasteiger partial charge >= 0.3 is 5.97 Å². The summed E-state index contributed by atoms with van der Waals surface area (Å²) in [5.41, 5.74) is 0.535. The highest BCUT2D eigenvalue weighted by molar-refractivity contribution is 5.86. The van der Waals surface area contributed by atoms with Crippen molar-refractivity contribution in [3.8, 4) is 0 Å². The Bertz CT molecular complexity index is 269. The Labute approximate surface area is 69.4 Å². The summed E-state index contributed by atoms with van der Waals surface area (Å²) in [6, 6.07) is 0. The molecule has 0 unspecified atom stereocenters. The minimum absolute atomic E-state index is 0.0310. The minimum Gasteiger partial charge on any atom is -0.476 e. The van der Waals surface area contributed by atoms with E-state index >= 15 is 0 Å². The van der Waals surface area contributed by atoms with E-state index in [2.05, 4.69) is 9.97 Å². The van der Waals surface area contributed by atoms with Crippen LogP contribution in [0.1, 0.15) is 23.1 Å². The Morgan fingerprint density at radius 2 is 2.58 bits per heavy atom. The molecule has 2 N–H and O–H groups in total. The molecule has 0 saturated heterocycles. The van der Waals surface area contributed by atoms with Crippen LogP contribution < -0.4 is 0 Å². The average Bonchev–Trinajstić information content (AvgIpc) is 2.48. The van der Waals surface area contributed by atoms with E-state index in [0.29, 0.717) is 12.3 Å². The van der Waals surface area contributed by atoms with Gasteiger partial charge in [0.05, 0.1) is 18.6 Å². The van der Waals surface area contributed by atoms with E-state index in [-0.39, 0.29) is 12.3 Å². The quantitative estimate of drug-likeness (QED) is 0.695. The van der Waals surface area contributed by atoms with Crippen LogP contribution in [0.25, 0.3) is 0 Å². The first-order valence-electron chi connectivity index (χ1n) is 3.59. The Balaban J connectivity index is 2.70. The highest BCUT2D eigenvalue weighted by Gasteiger charge is 2.11. The van der Waals surface area contributed by atoms with E-state index in [4.69, 9.17) is 9.84 Å². The molecule has 0 saturated carbocycles. The lowest BCUT2D eigenvalue weighted by Gasteiger charge is -1.98. The summed E-state index contributed by atoms with van der Waals surface area (Å²) >= 11 is 0. The summed E-state index contributed by atoms with van der Waals surface area (Å²) in [4.78, 5) is 16.8. The number of nitrogens with one attached hydrogen (secondary N) is 1. The smallest absolute Gasteiger partial charge is 0.356 e. The molecule has 0 fully saturated rings. The molecule has 0 amide bonds. The summed E-state index contributed by atoms with van der Waals surface area (Å²) in [6.45, 7) is 2.66. The molecule has 1 aromatic heterocycles. The lowest BCUT2D eigenvalue weighted by Crippen LogP contribution is -2.03. The molecule has 0 atom stereocenters. The van der Waals surface area contributed by atoms with Crippen molar-refractivity contribution in [2.45, 2.75) is 13.5 Å². The van der Waals surface area contributed by atoms with Gasteiger partial charge in [0.1, 0.15) is 0 Å². The van der Waals surface area contributed by atoms with Crippen molar-refractivity contribution in [2.75, 3.05) is 6.61 Å². The Morgan fingerprint density at radius 3 is 3.17 bits per heavy atom. The first kappa shape index (κ1) is 8.73. The van der Waals surface area contributed by atoms with Crippen LogP contribution in [-0.2, 0) is 11.3 Å². The largest absolute Gasteiger partial charge is 0.476 e. The zero-order chi connectivity index (χ0) is 8.97. The van der Waals surface area contributed by atoms with Crippen molar-refractivity contribution in [1.82, 2.24) is 9.97 Å². The van der Waals surface area contributed by atoms with Crippen molar-refractivity contribution < 1.29 is 14.6 Å². The van der Waals surface area contributed by atoms with Crippen molar-refractivity contribution in [3.05, 3.63) is 17.7 Å². The summed E-state index contributed by atoms with van der Waals surface area (Å²) in [7, 11) is 0. The third kappa shape index (κ3) is 1.82. The number of carboxylic acids is 1. The second kappa shape index (κ2) is 3.87. The second-order valence-electron chi connectivity index (χ2n) is 2.17. The van der Waals surface area contributed by atoms with E-state index in [1.54, 1.807) is 0 Å². The fourth-order valence-corrected chi connectivity index (χ4v) is 0.819. The van der Waals surface area contributed by atoms with Crippen molar-refractivity contribution in [2.24, 2.45) is 0 Å². The van der Waals surface area contributed by atoms with Crippen LogP contribution >= 0.6 is 0 Å². The van der Waals surface area contributed by atoms with Crippen LogP contribution in [0, 0.1) is 0 Å². The van der Waals surface area contributed by atoms with Gasteiger partial charge in [0.15, 0.2) is 5.69 Å². The Morgan fingerprint density at radius 1 is 1.83 bits per heavy atom. The molecule has 5 nitrogen and oxygen atoms in total. The minimum atomic E-state index is -1.04. The van der Waals surface area contributed by atoms with Gasteiger partial charge in [-0.25, -0.2) is 9.78 Å². The average molecular weight is 170 g/mol. The number of rotatable bonds is 4. The normalized spacial score (nSPS) is 10.1. The standard InChI is InChI=1S/C7H10N2O3/c1-2-12-3-5-6(7(10)11)9-4-8-5/h4H,2-3H2,1H3,(H,8,9)(H,10,11). The molecular weight excluding hydrogens is 160 g/mol. The fourth-order valence-electron chi connectivity index (χ4n) is 0.819. The zero-order valence-electron chi connectivity index (χ0n) is 6.70. The molecule has 0 bridgehead atoms. The number of nitrogens with zero attached hydrogens (tertiary/aromatic N) is 1. The molecule has 0 aliphatic carbocycles. The second-order valence-corrected chi connectivity index (χ2v) is 2.17. The van der Waals surface area contributed by atoms with Gasteiger partial charge in [-0.2, -0.15) is 0 Å². The molecule has 0 radical (unpaired) electrons. The first-order chi connectivity index (χ1) is 5.75. The predicted octanol–water partition coefficient (Wildman–Crippen LogP) is 0.644. The van der Waals surface area contributed by atoms with Crippen LogP contribution in [-0.4, -0.2) is 27.7 Å². The maximum absolute atomic E-state index is 10.5. The van der Waals surface area contributed by atoms with E-state index in [1.165, 1.54) is 6.33 Å². The van der Waals surface area contributed by atoms with E-state index in [9.17, 15) is 4.79 Å². The summed E-state index contributed by atoms with van der Waals surface area (Å²) in [6.07, 6.45) is 1.35. The SMILES string of the molecule is CCOCc1[nH]cnc1C(=O)O. The van der Waals surface area contributed by atoms with E-state index in [1.807, 2.05) is 6.92 Å². The number of aromatic amines is 1. The van der Waals surface area contributed by atoms with Gasteiger partial charge in [-0.05, 0) is 6.92 Å². The number of imidazole rings is 1. The number of hydrogen-bond acceptors (Lipinski definition) is 3. The summed E-state index contributed by atoms with van der Waals surface area (Å²) in [5, 5.41) is 8.62. The van der Waals surface area contributed by atoms with Crippen LogP contribution in [0.2, 0.25) is 0 Å². The lowest BCUT2D eigenvalue weighted by molar-refractivity contribution is 0.0682. The predicted molar refractivity (Wildman–Crippen MR) is 40.9 cm³/mol. The van der Waals surface area contributed by atoms with Gasteiger partial charge < -0.3 is 14.8 Å². The third-order valence-electron chi connectivity index (χ3n) is 1.37. The molecule has 1 heterocycles. The number of aromatic carboxylic acids is 1. The number of carboxylic acid groups (broad SMARTS) is 1. The van der Waals surface area contributed by atoms with Crippen molar-refractivity contribution >= 4 is 5.97 Å². The van der Waals surface area contributed by atoms with Crippen molar-refractivity contribution in [1.29, 1.82) is 0 Å². The number of H-pyrrole nitrogens is 1. The zero-order valence-corrected chi connectivity index (χ0v) is 6.70. The van der Waals surface area contributed by atoms with Gasteiger partial charge in [0.25, 0.3) is 0 Å². The Kier molecular flexibility index (Phi) is 2.82. The topological polar surface area (TPSA) is 75.2 Å².